The lowest BCUT2D eigenvalue weighted by Gasteiger charge is -2.05. The summed E-state index contributed by atoms with van der Waals surface area (Å²) in [5.74, 6) is -1.50. The van der Waals surface area contributed by atoms with Crippen molar-refractivity contribution in [3.63, 3.8) is 0 Å². The molecule has 0 aliphatic heterocycles. The van der Waals surface area contributed by atoms with E-state index in [9.17, 15) is 13.6 Å². The third kappa shape index (κ3) is 2.11. The SMILES string of the molecule is O=c1[nH]ccc2c1c(-c1ccccc1)nn2-c1c(F)cccc1F. The van der Waals surface area contributed by atoms with Gasteiger partial charge in [-0.2, -0.15) is 5.10 Å². The van der Waals surface area contributed by atoms with Crippen molar-refractivity contribution in [2.75, 3.05) is 0 Å². The van der Waals surface area contributed by atoms with E-state index in [1.807, 2.05) is 6.07 Å². The van der Waals surface area contributed by atoms with Crippen LogP contribution in [0.4, 0.5) is 8.78 Å². The van der Waals surface area contributed by atoms with Gasteiger partial charge in [0.05, 0.1) is 10.9 Å². The zero-order chi connectivity index (χ0) is 16.7. The van der Waals surface area contributed by atoms with Gasteiger partial charge < -0.3 is 4.98 Å². The van der Waals surface area contributed by atoms with Crippen molar-refractivity contribution < 1.29 is 8.78 Å². The van der Waals surface area contributed by atoms with E-state index >= 15 is 0 Å². The number of nitrogens with zero attached hydrogens (tertiary/aromatic N) is 2. The highest BCUT2D eigenvalue weighted by molar-refractivity contribution is 5.93. The first-order chi connectivity index (χ1) is 11.7. The van der Waals surface area contributed by atoms with E-state index in [0.717, 1.165) is 16.8 Å². The smallest absolute Gasteiger partial charge is 0.259 e. The highest BCUT2D eigenvalue weighted by atomic mass is 19.1. The Morgan fingerprint density at radius 2 is 1.62 bits per heavy atom. The van der Waals surface area contributed by atoms with Gasteiger partial charge in [-0.15, -0.1) is 0 Å². The average molecular weight is 323 g/mol. The lowest BCUT2D eigenvalue weighted by Crippen LogP contribution is -2.06. The summed E-state index contributed by atoms with van der Waals surface area (Å²) in [4.78, 5) is 14.9. The van der Waals surface area contributed by atoms with Crippen molar-refractivity contribution in [3.8, 4) is 16.9 Å². The Morgan fingerprint density at radius 1 is 0.917 bits per heavy atom. The van der Waals surface area contributed by atoms with E-state index in [4.69, 9.17) is 0 Å². The molecule has 0 spiro atoms. The van der Waals surface area contributed by atoms with Gasteiger partial charge in [0.1, 0.15) is 11.4 Å². The van der Waals surface area contributed by atoms with E-state index in [0.29, 0.717) is 16.8 Å². The number of aromatic amines is 1. The number of hydrogen-bond donors (Lipinski definition) is 1. The summed E-state index contributed by atoms with van der Waals surface area (Å²) >= 11 is 0. The minimum Gasteiger partial charge on any atom is -0.328 e. The maximum Gasteiger partial charge on any atom is 0.259 e. The van der Waals surface area contributed by atoms with Crippen molar-refractivity contribution in [2.45, 2.75) is 0 Å². The Bertz CT molecular complexity index is 1080. The first-order valence-corrected chi connectivity index (χ1v) is 7.27. The number of pyridine rings is 1. The number of aromatic nitrogens is 3. The van der Waals surface area contributed by atoms with Gasteiger partial charge in [-0.1, -0.05) is 36.4 Å². The molecule has 0 saturated carbocycles. The second-order valence-corrected chi connectivity index (χ2v) is 5.26. The Kier molecular flexibility index (Phi) is 3.23. The minimum atomic E-state index is -0.751. The van der Waals surface area contributed by atoms with E-state index in [1.165, 1.54) is 12.3 Å². The summed E-state index contributed by atoms with van der Waals surface area (Å²) < 4.78 is 29.5. The average Bonchev–Trinajstić information content (AvgIpc) is 2.97. The molecular weight excluding hydrogens is 312 g/mol. The Balaban J connectivity index is 2.13. The lowest BCUT2D eigenvalue weighted by molar-refractivity contribution is 0.563. The molecule has 1 N–H and O–H groups in total. The normalized spacial score (nSPS) is 11.1. The maximum absolute atomic E-state index is 14.2. The monoisotopic (exact) mass is 323 g/mol. The van der Waals surface area contributed by atoms with Crippen molar-refractivity contribution in [3.05, 3.63) is 82.8 Å². The van der Waals surface area contributed by atoms with Crippen LogP contribution in [-0.4, -0.2) is 14.8 Å². The van der Waals surface area contributed by atoms with Crippen molar-refractivity contribution in [1.29, 1.82) is 0 Å². The molecule has 0 unspecified atom stereocenters. The van der Waals surface area contributed by atoms with E-state index in [-0.39, 0.29) is 16.6 Å². The largest absolute Gasteiger partial charge is 0.328 e. The van der Waals surface area contributed by atoms with Gasteiger partial charge >= 0.3 is 0 Å². The summed E-state index contributed by atoms with van der Waals surface area (Å²) in [6.07, 6.45) is 1.43. The molecule has 118 valence electrons. The molecular formula is C18H11F2N3O. The number of halogens is 2. The molecule has 0 radical (unpaired) electrons. The summed E-state index contributed by atoms with van der Waals surface area (Å²) in [5.41, 5.74) is 0.719. The number of benzene rings is 2. The molecule has 2 aromatic carbocycles. The predicted octanol–water partition coefficient (Wildman–Crippen LogP) is 3.66. The van der Waals surface area contributed by atoms with E-state index in [1.54, 1.807) is 30.3 Å². The Labute approximate surface area is 135 Å². The van der Waals surface area contributed by atoms with Crippen LogP contribution in [0.3, 0.4) is 0 Å². The Hall–Kier alpha value is -3.28. The van der Waals surface area contributed by atoms with Crippen LogP contribution in [0.1, 0.15) is 0 Å². The van der Waals surface area contributed by atoms with Gasteiger partial charge in [0.2, 0.25) is 0 Å². The first kappa shape index (κ1) is 14.3. The molecule has 4 rings (SSSR count). The summed E-state index contributed by atoms with van der Waals surface area (Å²) in [5, 5.41) is 4.61. The van der Waals surface area contributed by atoms with E-state index < -0.39 is 11.6 Å². The van der Waals surface area contributed by atoms with Crippen LogP contribution in [0.25, 0.3) is 27.8 Å². The fraction of sp³-hybridized carbons (Fsp3) is 0. The fourth-order valence-electron chi connectivity index (χ4n) is 2.74. The topological polar surface area (TPSA) is 50.7 Å². The van der Waals surface area contributed by atoms with Crippen LogP contribution in [0.15, 0.2) is 65.6 Å². The maximum atomic E-state index is 14.2. The van der Waals surface area contributed by atoms with Gasteiger partial charge in [-0.25, -0.2) is 13.5 Å². The molecule has 2 aromatic heterocycles. The molecule has 0 fully saturated rings. The molecule has 24 heavy (non-hydrogen) atoms. The van der Waals surface area contributed by atoms with Crippen LogP contribution in [-0.2, 0) is 0 Å². The summed E-state index contributed by atoms with van der Waals surface area (Å²) in [6, 6.07) is 14.2. The number of para-hydroxylation sites is 1. The van der Waals surface area contributed by atoms with Crippen LogP contribution in [0.2, 0.25) is 0 Å². The molecule has 0 saturated heterocycles. The van der Waals surface area contributed by atoms with E-state index in [2.05, 4.69) is 10.1 Å². The lowest BCUT2D eigenvalue weighted by atomic mass is 10.1. The molecule has 0 aliphatic carbocycles. The fourth-order valence-corrected chi connectivity index (χ4v) is 2.74. The highest BCUT2D eigenvalue weighted by Gasteiger charge is 2.20. The number of rotatable bonds is 2. The molecule has 0 bridgehead atoms. The van der Waals surface area contributed by atoms with Crippen molar-refractivity contribution >= 4 is 10.9 Å². The molecule has 0 amide bonds. The zero-order valence-electron chi connectivity index (χ0n) is 12.3. The van der Waals surface area contributed by atoms with Gasteiger partial charge in [0.15, 0.2) is 11.6 Å². The predicted molar refractivity (Wildman–Crippen MR) is 87.0 cm³/mol. The molecule has 2 heterocycles. The summed E-state index contributed by atoms with van der Waals surface area (Å²) in [6.45, 7) is 0. The van der Waals surface area contributed by atoms with Crippen molar-refractivity contribution in [1.82, 2.24) is 14.8 Å². The number of H-pyrrole nitrogens is 1. The van der Waals surface area contributed by atoms with Gasteiger partial charge in [0.25, 0.3) is 5.56 Å². The zero-order valence-corrected chi connectivity index (χ0v) is 12.3. The third-order valence-corrected chi connectivity index (χ3v) is 3.80. The molecule has 4 nitrogen and oxygen atoms in total. The van der Waals surface area contributed by atoms with Gasteiger partial charge in [-0.05, 0) is 18.2 Å². The van der Waals surface area contributed by atoms with Crippen LogP contribution in [0, 0.1) is 11.6 Å². The molecule has 0 atom stereocenters. The standard InChI is InChI=1S/C18H11F2N3O/c19-12-7-4-8-13(20)17(12)23-14-9-10-21-18(24)15(14)16(22-23)11-5-2-1-3-6-11/h1-10H,(H,21,24). The third-order valence-electron chi connectivity index (χ3n) is 3.80. The van der Waals surface area contributed by atoms with Crippen LogP contribution >= 0.6 is 0 Å². The Morgan fingerprint density at radius 3 is 2.33 bits per heavy atom. The number of fused-ring (bicyclic) bond motifs is 1. The number of nitrogens with one attached hydrogen (secondary N) is 1. The second kappa shape index (κ2) is 5.42. The van der Waals surface area contributed by atoms with Crippen LogP contribution in [0.5, 0.6) is 0 Å². The minimum absolute atomic E-state index is 0.284. The quantitative estimate of drug-likeness (QED) is 0.612. The molecule has 4 aromatic rings. The molecule has 6 heteroatoms. The van der Waals surface area contributed by atoms with Gasteiger partial charge in [-0.3, -0.25) is 4.79 Å². The second-order valence-electron chi connectivity index (χ2n) is 5.26. The van der Waals surface area contributed by atoms with Gasteiger partial charge in [0, 0.05) is 11.8 Å². The first-order valence-electron chi connectivity index (χ1n) is 7.27. The van der Waals surface area contributed by atoms with Crippen molar-refractivity contribution in [2.24, 2.45) is 0 Å². The summed E-state index contributed by atoms with van der Waals surface area (Å²) in [7, 11) is 0. The number of hydrogen-bond acceptors (Lipinski definition) is 2. The van der Waals surface area contributed by atoms with Crippen LogP contribution < -0.4 is 5.56 Å². The highest BCUT2D eigenvalue weighted by Crippen LogP contribution is 2.28. The molecule has 0 aliphatic rings.